The van der Waals surface area contributed by atoms with Crippen LogP contribution in [0.25, 0.3) is 0 Å². The second-order valence-corrected chi connectivity index (χ2v) is 6.63. The molecule has 2 unspecified atom stereocenters. The summed E-state index contributed by atoms with van der Waals surface area (Å²) in [5, 5.41) is 3.42. The fourth-order valence-corrected chi connectivity index (χ4v) is 2.86. The molecule has 0 spiro atoms. The zero-order valence-corrected chi connectivity index (χ0v) is 13.1. The Labute approximate surface area is 122 Å². The van der Waals surface area contributed by atoms with Crippen molar-refractivity contribution >= 4 is 5.69 Å². The summed E-state index contributed by atoms with van der Waals surface area (Å²) in [5.74, 6) is 1.78. The van der Waals surface area contributed by atoms with Gasteiger partial charge in [-0.25, -0.2) is 4.39 Å². The molecule has 0 bridgehead atoms. The molecule has 112 valence electrons. The topological polar surface area (TPSA) is 15.3 Å². The summed E-state index contributed by atoms with van der Waals surface area (Å²) in [4.78, 5) is 2.22. The van der Waals surface area contributed by atoms with E-state index in [-0.39, 0.29) is 5.82 Å². The number of nitrogens with one attached hydrogen (secondary N) is 1. The number of halogens is 1. The third-order valence-corrected chi connectivity index (χ3v) is 4.24. The monoisotopic (exact) mass is 278 g/mol. The lowest BCUT2D eigenvalue weighted by Crippen LogP contribution is -2.25. The molecule has 1 aromatic rings. The van der Waals surface area contributed by atoms with Gasteiger partial charge in [0.25, 0.3) is 0 Å². The van der Waals surface area contributed by atoms with Gasteiger partial charge in [-0.05, 0) is 35.9 Å². The molecule has 3 heteroatoms. The smallest absolute Gasteiger partial charge is 0.146 e. The van der Waals surface area contributed by atoms with Crippen molar-refractivity contribution in [2.45, 2.75) is 34.2 Å². The first-order valence-electron chi connectivity index (χ1n) is 7.72. The van der Waals surface area contributed by atoms with Crippen LogP contribution in [0.3, 0.4) is 0 Å². The lowest BCUT2D eigenvalue weighted by Gasteiger charge is -2.23. The second kappa shape index (κ2) is 6.57. The molecule has 1 aromatic carbocycles. The average molecular weight is 278 g/mol. The van der Waals surface area contributed by atoms with Crippen molar-refractivity contribution in [3.63, 3.8) is 0 Å². The van der Waals surface area contributed by atoms with Gasteiger partial charge < -0.3 is 10.2 Å². The number of benzene rings is 1. The molecule has 2 atom stereocenters. The van der Waals surface area contributed by atoms with Crippen molar-refractivity contribution in [3.8, 4) is 0 Å². The Morgan fingerprint density at radius 1 is 1.25 bits per heavy atom. The molecule has 0 saturated carbocycles. The predicted molar refractivity (Wildman–Crippen MR) is 83.5 cm³/mol. The van der Waals surface area contributed by atoms with Gasteiger partial charge in [-0.3, -0.25) is 0 Å². The number of para-hydroxylation sites is 1. The highest BCUT2D eigenvalue weighted by molar-refractivity contribution is 5.55. The van der Waals surface area contributed by atoms with E-state index in [2.05, 4.69) is 37.9 Å². The average Bonchev–Trinajstić information content (AvgIpc) is 2.69. The number of hydrogen-bond donors (Lipinski definition) is 1. The molecule has 2 rings (SSSR count). The molecule has 1 fully saturated rings. The third kappa shape index (κ3) is 3.51. The Hall–Kier alpha value is -1.09. The molecule has 1 aliphatic heterocycles. The Balaban J connectivity index is 2.14. The van der Waals surface area contributed by atoms with Crippen LogP contribution in [0.2, 0.25) is 0 Å². The van der Waals surface area contributed by atoms with E-state index in [0.717, 1.165) is 37.4 Å². The van der Waals surface area contributed by atoms with Gasteiger partial charge in [-0.2, -0.15) is 0 Å². The minimum atomic E-state index is -0.0878. The molecule has 1 N–H and O–H groups in total. The third-order valence-electron chi connectivity index (χ3n) is 4.24. The minimum Gasteiger partial charge on any atom is -0.368 e. The normalized spacial score (nSPS) is 22.8. The zero-order valence-electron chi connectivity index (χ0n) is 13.1. The maximum atomic E-state index is 14.3. The Kier molecular flexibility index (Phi) is 5.03. The predicted octanol–water partition coefficient (Wildman–Crippen LogP) is 3.66. The van der Waals surface area contributed by atoms with E-state index in [9.17, 15) is 4.39 Å². The molecule has 0 aliphatic carbocycles. The van der Waals surface area contributed by atoms with Crippen LogP contribution in [0, 0.1) is 23.6 Å². The van der Waals surface area contributed by atoms with Crippen molar-refractivity contribution in [2.75, 3.05) is 24.5 Å². The maximum absolute atomic E-state index is 14.3. The van der Waals surface area contributed by atoms with Crippen LogP contribution in [0.5, 0.6) is 0 Å². The molecule has 0 radical (unpaired) electrons. The molecular weight excluding hydrogens is 251 g/mol. The van der Waals surface area contributed by atoms with Gasteiger partial charge in [0.1, 0.15) is 5.82 Å². The summed E-state index contributed by atoms with van der Waals surface area (Å²) < 4.78 is 14.3. The molecule has 0 amide bonds. The molecule has 2 nitrogen and oxygen atoms in total. The van der Waals surface area contributed by atoms with Crippen LogP contribution in [-0.2, 0) is 6.54 Å². The second-order valence-electron chi connectivity index (χ2n) is 6.63. The van der Waals surface area contributed by atoms with Gasteiger partial charge in [0.2, 0.25) is 0 Å². The fourth-order valence-electron chi connectivity index (χ4n) is 2.86. The van der Waals surface area contributed by atoms with Crippen LogP contribution in [0.4, 0.5) is 10.1 Å². The summed E-state index contributed by atoms with van der Waals surface area (Å²) in [6.45, 7) is 12.5. The molecular formula is C17H27FN2. The summed E-state index contributed by atoms with van der Waals surface area (Å²) >= 11 is 0. The van der Waals surface area contributed by atoms with E-state index in [1.165, 1.54) is 0 Å². The quantitative estimate of drug-likeness (QED) is 0.884. The number of nitrogens with zero attached hydrogens (tertiary/aromatic N) is 1. The standard InChI is InChI=1S/C17H27FN2/c1-12(2)8-19-9-15-6-5-7-16(18)17(15)20-10-13(3)14(4)11-20/h5-7,12-14,19H,8-11H2,1-4H3. The van der Waals surface area contributed by atoms with E-state index < -0.39 is 0 Å². The highest BCUT2D eigenvalue weighted by atomic mass is 19.1. The maximum Gasteiger partial charge on any atom is 0.146 e. The summed E-state index contributed by atoms with van der Waals surface area (Å²) in [6, 6.07) is 5.43. The molecule has 20 heavy (non-hydrogen) atoms. The number of rotatable bonds is 5. The van der Waals surface area contributed by atoms with E-state index in [1.54, 1.807) is 6.07 Å². The summed E-state index contributed by atoms with van der Waals surface area (Å²) in [7, 11) is 0. The highest BCUT2D eigenvalue weighted by Crippen LogP contribution is 2.32. The Morgan fingerprint density at radius 3 is 2.50 bits per heavy atom. The molecule has 1 heterocycles. The Bertz CT molecular complexity index is 435. The molecule has 0 aromatic heterocycles. The van der Waals surface area contributed by atoms with Crippen LogP contribution in [0.1, 0.15) is 33.3 Å². The van der Waals surface area contributed by atoms with Crippen molar-refractivity contribution < 1.29 is 4.39 Å². The summed E-state index contributed by atoms with van der Waals surface area (Å²) in [5.41, 5.74) is 1.88. The van der Waals surface area contributed by atoms with Crippen LogP contribution in [0.15, 0.2) is 18.2 Å². The fraction of sp³-hybridized carbons (Fsp3) is 0.647. The number of anilines is 1. The van der Waals surface area contributed by atoms with E-state index in [4.69, 9.17) is 0 Å². The van der Waals surface area contributed by atoms with E-state index >= 15 is 0 Å². The minimum absolute atomic E-state index is 0.0878. The SMILES string of the molecule is CC(C)CNCc1cccc(F)c1N1CC(C)C(C)C1. The Morgan fingerprint density at radius 2 is 1.90 bits per heavy atom. The van der Waals surface area contributed by atoms with Crippen molar-refractivity contribution in [1.82, 2.24) is 5.32 Å². The van der Waals surface area contributed by atoms with Gasteiger partial charge in [0, 0.05) is 19.6 Å². The molecule has 1 saturated heterocycles. The van der Waals surface area contributed by atoms with Gasteiger partial charge in [-0.15, -0.1) is 0 Å². The summed E-state index contributed by atoms with van der Waals surface area (Å²) in [6.07, 6.45) is 0. The van der Waals surface area contributed by atoms with Crippen LogP contribution in [-0.4, -0.2) is 19.6 Å². The van der Waals surface area contributed by atoms with E-state index in [0.29, 0.717) is 17.8 Å². The lowest BCUT2D eigenvalue weighted by molar-refractivity contribution is 0.494. The highest BCUT2D eigenvalue weighted by Gasteiger charge is 2.28. The zero-order chi connectivity index (χ0) is 14.7. The van der Waals surface area contributed by atoms with Gasteiger partial charge in [-0.1, -0.05) is 39.8 Å². The van der Waals surface area contributed by atoms with E-state index in [1.807, 2.05) is 12.1 Å². The van der Waals surface area contributed by atoms with Crippen molar-refractivity contribution in [1.29, 1.82) is 0 Å². The van der Waals surface area contributed by atoms with Crippen molar-refractivity contribution in [2.24, 2.45) is 17.8 Å². The first-order chi connectivity index (χ1) is 9.49. The van der Waals surface area contributed by atoms with Crippen LogP contribution < -0.4 is 10.2 Å². The van der Waals surface area contributed by atoms with Crippen LogP contribution >= 0.6 is 0 Å². The number of hydrogen-bond acceptors (Lipinski definition) is 2. The van der Waals surface area contributed by atoms with Crippen molar-refractivity contribution in [3.05, 3.63) is 29.6 Å². The lowest BCUT2D eigenvalue weighted by atomic mass is 10.0. The van der Waals surface area contributed by atoms with Gasteiger partial charge in [0.15, 0.2) is 0 Å². The first kappa shape index (κ1) is 15.3. The van der Waals surface area contributed by atoms with Gasteiger partial charge >= 0.3 is 0 Å². The van der Waals surface area contributed by atoms with Gasteiger partial charge in [0.05, 0.1) is 5.69 Å². The molecule has 1 aliphatic rings. The first-order valence-corrected chi connectivity index (χ1v) is 7.72. The largest absolute Gasteiger partial charge is 0.368 e.